The smallest absolute Gasteiger partial charge is 0.246 e. The standard InChI is InChI=1S/C37H44FN7O2/c1-26-7-3-8-27-9-4-11-33(35(26)27)45-16-13-30-32(24-45)40-37(47-25-29-10-5-14-41(29)2)31(21-39)36(30)44-19-17-43(18-20-44)34(46)12-6-15-42-22-28(38)23-42/h3-4,6-9,11-12,28-29H,5,10,13-20,22-25H2,1-2H3. The van der Waals surface area contributed by atoms with E-state index >= 15 is 0 Å². The molecule has 0 aliphatic carbocycles. The summed E-state index contributed by atoms with van der Waals surface area (Å²) in [6, 6.07) is 15.7. The number of amides is 1. The Bertz CT molecular complexity index is 1700. The maximum Gasteiger partial charge on any atom is 0.246 e. The summed E-state index contributed by atoms with van der Waals surface area (Å²) in [5.74, 6) is 0.394. The Kier molecular flexibility index (Phi) is 9.02. The molecule has 246 valence electrons. The van der Waals surface area contributed by atoms with Crippen molar-refractivity contribution >= 4 is 28.1 Å². The molecule has 3 saturated heterocycles. The Morgan fingerprint density at radius 2 is 1.87 bits per heavy atom. The topological polar surface area (TPSA) is 79.2 Å². The summed E-state index contributed by atoms with van der Waals surface area (Å²) in [6.07, 6.45) is 5.69. The summed E-state index contributed by atoms with van der Waals surface area (Å²) in [5, 5.41) is 13.0. The van der Waals surface area contributed by atoms with Crippen molar-refractivity contribution in [1.82, 2.24) is 19.7 Å². The van der Waals surface area contributed by atoms with E-state index in [1.54, 1.807) is 6.08 Å². The third kappa shape index (κ3) is 6.39. The van der Waals surface area contributed by atoms with Crippen molar-refractivity contribution < 1.29 is 13.9 Å². The number of piperazine rings is 1. The van der Waals surface area contributed by atoms with Crippen LogP contribution < -0.4 is 14.5 Å². The number of pyridine rings is 1. The van der Waals surface area contributed by atoms with Gasteiger partial charge in [0.1, 0.15) is 24.4 Å². The van der Waals surface area contributed by atoms with Gasteiger partial charge in [-0.15, -0.1) is 0 Å². The summed E-state index contributed by atoms with van der Waals surface area (Å²) >= 11 is 0. The first kappa shape index (κ1) is 31.4. The molecule has 0 spiro atoms. The Hall–Kier alpha value is -4.20. The molecule has 3 fully saturated rings. The van der Waals surface area contributed by atoms with Crippen LogP contribution in [0.15, 0.2) is 48.6 Å². The quantitative estimate of drug-likeness (QED) is 0.339. The molecule has 0 radical (unpaired) electrons. The highest BCUT2D eigenvalue weighted by molar-refractivity contribution is 5.97. The number of likely N-dealkylation sites (N-methyl/N-ethyl adjacent to an activating group) is 1. The molecule has 1 unspecified atom stereocenters. The van der Waals surface area contributed by atoms with Crippen molar-refractivity contribution in [2.24, 2.45) is 0 Å². The first-order valence-corrected chi connectivity index (χ1v) is 17.0. The highest BCUT2D eigenvalue weighted by atomic mass is 19.1. The number of nitriles is 1. The Morgan fingerprint density at radius 3 is 2.60 bits per heavy atom. The molecule has 47 heavy (non-hydrogen) atoms. The van der Waals surface area contributed by atoms with Gasteiger partial charge in [-0.1, -0.05) is 36.4 Å². The number of aryl methyl sites for hydroxylation is 1. The van der Waals surface area contributed by atoms with Crippen molar-refractivity contribution in [3.05, 3.63) is 70.9 Å². The molecule has 0 N–H and O–H groups in total. The Morgan fingerprint density at radius 1 is 1.09 bits per heavy atom. The fourth-order valence-electron chi connectivity index (χ4n) is 7.64. The monoisotopic (exact) mass is 637 g/mol. The number of alkyl halides is 1. The van der Waals surface area contributed by atoms with Crippen molar-refractivity contribution in [2.45, 2.75) is 44.9 Å². The zero-order valence-corrected chi connectivity index (χ0v) is 27.5. The van der Waals surface area contributed by atoms with Crippen LogP contribution in [0.5, 0.6) is 5.88 Å². The number of benzene rings is 2. The van der Waals surface area contributed by atoms with E-state index < -0.39 is 6.17 Å². The van der Waals surface area contributed by atoms with E-state index in [1.165, 1.54) is 22.0 Å². The number of carbonyl (C=O) groups excluding carboxylic acids is 1. The van der Waals surface area contributed by atoms with Gasteiger partial charge in [-0.3, -0.25) is 9.69 Å². The van der Waals surface area contributed by atoms with E-state index in [4.69, 9.17) is 9.72 Å². The summed E-state index contributed by atoms with van der Waals surface area (Å²) < 4.78 is 19.6. The normalized spacial score (nSPS) is 20.9. The van der Waals surface area contributed by atoms with Crippen LogP contribution >= 0.6 is 0 Å². The SMILES string of the molecule is Cc1cccc2cccc(N3CCc4c(nc(OCC5CCCN5C)c(C#N)c4N4CCN(C(=O)C=CCN5CC(F)C5)CC4)C3)c12. The lowest BCUT2D eigenvalue weighted by molar-refractivity contribution is -0.126. The molecule has 9 nitrogen and oxygen atoms in total. The Labute approximate surface area is 276 Å². The molecule has 7 rings (SSSR count). The van der Waals surface area contributed by atoms with E-state index in [1.807, 2.05) is 15.9 Å². The van der Waals surface area contributed by atoms with Gasteiger partial charge in [0.25, 0.3) is 0 Å². The third-order valence-electron chi connectivity index (χ3n) is 10.4. The number of anilines is 2. The van der Waals surface area contributed by atoms with Gasteiger partial charge in [-0.25, -0.2) is 9.37 Å². The molecule has 1 amide bonds. The van der Waals surface area contributed by atoms with E-state index in [0.29, 0.717) is 76.5 Å². The molecule has 1 aromatic heterocycles. The number of aromatic nitrogens is 1. The summed E-state index contributed by atoms with van der Waals surface area (Å²) in [4.78, 5) is 28.9. The van der Waals surface area contributed by atoms with Gasteiger partial charge in [0, 0.05) is 81.1 Å². The minimum Gasteiger partial charge on any atom is -0.475 e. The number of hydrogen-bond donors (Lipinski definition) is 0. The van der Waals surface area contributed by atoms with Crippen molar-refractivity contribution in [1.29, 1.82) is 5.26 Å². The predicted octanol–water partition coefficient (Wildman–Crippen LogP) is 4.31. The summed E-state index contributed by atoms with van der Waals surface area (Å²) in [6.45, 7) is 9.01. The lowest BCUT2D eigenvalue weighted by atomic mass is 9.96. The Balaban J connectivity index is 1.15. The lowest BCUT2D eigenvalue weighted by Gasteiger charge is -2.39. The van der Waals surface area contributed by atoms with Crippen molar-refractivity contribution in [3.63, 3.8) is 0 Å². The van der Waals surface area contributed by atoms with Crippen molar-refractivity contribution in [2.75, 3.05) is 82.4 Å². The van der Waals surface area contributed by atoms with Crippen molar-refractivity contribution in [3.8, 4) is 11.9 Å². The first-order chi connectivity index (χ1) is 22.9. The van der Waals surface area contributed by atoms with E-state index in [-0.39, 0.29) is 5.91 Å². The van der Waals surface area contributed by atoms with Gasteiger partial charge >= 0.3 is 0 Å². The first-order valence-electron chi connectivity index (χ1n) is 17.0. The molecule has 3 aromatic rings. The van der Waals surface area contributed by atoms with Gasteiger partial charge < -0.3 is 24.3 Å². The summed E-state index contributed by atoms with van der Waals surface area (Å²) in [7, 11) is 2.13. The molecule has 1 atom stereocenters. The average molecular weight is 638 g/mol. The largest absolute Gasteiger partial charge is 0.475 e. The lowest BCUT2D eigenvalue weighted by Crippen LogP contribution is -2.49. The predicted molar refractivity (Wildman–Crippen MR) is 183 cm³/mol. The van der Waals surface area contributed by atoms with Gasteiger partial charge in [0.05, 0.1) is 17.9 Å². The van der Waals surface area contributed by atoms with Crippen LogP contribution in [0.3, 0.4) is 0 Å². The molecule has 10 heteroatoms. The van der Waals surface area contributed by atoms with Gasteiger partial charge in [-0.2, -0.15) is 5.26 Å². The highest BCUT2D eigenvalue weighted by Crippen LogP contribution is 2.39. The number of fused-ring (bicyclic) bond motifs is 2. The van der Waals surface area contributed by atoms with Crippen LogP contribution in [0, 0.1) is 18.3 Å². The van der Waals surface area contributed by atoms with Crippen LogP contribution in [-0.4, -0.2) is 110 Å². The number of carbonyl (C=O) groups is 1. The molecule has 4 aliphatic rings. The summed E-state index contributed by atoms with van der Waals surface area (Å²) in [5.41, 5.74) is 5.93. The second-order valence-electron chi connectivity index (χ2n) is 13.4. The maximum atomic E-state index is 13.1. The molecular formula is C37H44FN7O2. The number of halogens is 1. The number of hydrogen-bond acceptors (Lipinski definition) is 8. The maximum absolute atomic E-state index is 13.1. The molecular weight excluding hydrogens is 593 g/mol. The van der Waals surface area contributed by atoms with E-state index in [9.17, 15) is 14.4 Å². The van der Waals surface area contributed by atoms with Crippen LogP contribution in [0.25, 0.3) is 10.8 Å². The molecule has 4 aliphatic heterocycles. The molecule has 5 heterocycles. The molecule has 2 aromatic carbocycles. The van der Waals surface area contributed by atoms with Crippen LogP contribution in [0.1, 0.15) is 35.2 Å². The van der Waals surface area contributed by atoms with Gasteiger partial charge in [0.15, 0.2) is 0 Å². The molecule has 0 bridgehead atoms. The minimum atomic E-state index is -0.745. The zero-order valence-electron chi connectivity index (χ0n) is 27.5. The minimum absolute atomic E-state index is 0.0232. The third-order valence-corrected chi connectivity index (χ3v) is 10.4. The van der Waals surface area contributed by atoms with Gasteiger partial charge in [0.2, 0.25) is 11.8 Å². The second kappa shape index (κ2) is 13.5. The van der Waals surface area contributed by atoms with Crippen LogP contribution in [0.4, 0.5) is 15.8 Å². The van der Waals surface area contributed by atoms with E-state index in [2.05, 4.69) is 71.1 Å². The van der Waals surface area contributed by atoms with Crippen LogP contribution in [0.2, 0.25) is 0 Å². The van der Waals surface area contributed by atoms with E-state index in [0.717, 1.165) is 49.3 Å². The fourth-order valence-corrected chi connectivity index (χ4v) is 7.64. The fraction of sp³-hybridized carbons (Fsp3) is 0.486. The highest BCUT2D eigenvalue weighted by Gasteiger charge is 2.32. The van der Waals surface area contributed by atoms with Gasteiger partial charge in [-0.05, 0) is 56.8 Å². The average Bonchev–Trinajstić information content (AvgIpc) is 3.49. The number of nitrogens with zero attached hydrogens (tertiary/aromatic N) is 7. The number of ether oxygens (including phenoxy) is 1. The number of likely N-dealkylation sites (tertiary alicyclic amines) is 2. The second-order valence-corrected chi connectivity index (χ2v) is 13.4. The molecule has 0 saturated carbocycles. The van der Waals surface area contributed by atoms with Crippen LogP contribution in [-0.2, 0) is 17.8 Å². The number of rotatable bonds is 8. The zero-order chi connectivity index (χ0) is 32.5.